The van der Waals surface area contributed by atoms with Gasteiger partial charge in [-0.05, 0) is 19.4 Å². The molecule has 0 atom stereocenters. The van der Waals surface area contributed by atoms with Gasteiger partial charge >= 0.3 is 0 Å². The predicted octanol–water partition coefficient (Wildman–Crippen LogP) is 1.19. The van der Waals surface area contributed by atoms with Crippen molar-refractivity contribution in [1.29, 1.82) is 0 Å². The Bertz CT molecular complexity index is 349. The van der Waals surface area contributed by atoms with E-state index in [4.69, 9.17) is 18.0 Å². The van der Waals surface area contributed by atoms with Gasteiger partial charge in [0.05, 0.1) is 11.5 Å². The predicted molar refractivity (Wildman–Crippen MR) is 72.7 cm³/mol. The molecule has 0 spiro atoms. The molecule has 0 fully saturated rings. The maximum absolute atomic E-state index is 5.60. The van der Waals surface area contributed by atoms with Crippen LogP contribution < -0.4 is 5.73 Å². The molecule has 2 N–H and O–H groups in total. The molecule has 1 aromatic heterocycles. The average molecular weight is 255 g/mol. The lowest BCUT2D eigenvalue weighted by atomic mass is 10.3. The Morgan fingerprint density at radius 3 is 2.82 bits per heavy atom. The Hall–Kier alpha value is -1.01. The summed E-state index contributed by atoms with van der Waals surface area (Å²) in [5.41, 5.74) is 5.60. The van der Waals surface area contributed by atoms with Crippen LogP contribution in [0.1, 0.15) is 32.5 Å². The number of nitrogens with two attached hydrogens (primary N) is 1. The summed E-state index contributed by atoms with van der Waals surface area (Å²) in [7, 11) is 0. The van der Waals surface area contributed by atoms with Crippen molar-refractivity contribution in [2.24, 2.45) is 5.73 Å². The highest BCUT2D eigenvalue weighted by atomic mass is 32.1. The minimum Gasteiger partial charge on any atom is -0.392 e. The highest BCUT2D eigenvalue weighted by molar-refractivity contribution is 7.80. The fourth-order valence-corrected chi connectivity index (χ4v) is 1.94. The molecule has 6 heteroatoms. The highest BCUT2D eigenvalue weighted by Crippen LogP contribution is 2.03. The van der Waals surface area contributed by atoms with Crippen molar-refractivity contribution >= 4 is 17.2 Å². The van der Waals surface area contributed by atoms with Crippen LogP contribution in [0.3, 0.4) is 0 Å². The summed E-state index contributed by atoms with van der Waals surface area (Å²) in [6, 6.07) is 0. The van der Waals surface area contributed by atoms with Crippen LogP contribution in [-0.2, 0) is 13.1 Å². The minimum atomic E-state index is 0.528. The lowest BCUT2D eigenvalue weighted by molar-refractivity contribution is 0.289. The van der Waals surface area contributed by atoms with E-state index in [1.807, 2.05) is 4.68 Å². The third kappa shape index (κ3) is 4.79. The van der Waals surface area contributed by atoms with Crippen molar-refractivity contribution in [3.63, 3.8) is 0 Å². The van der Waals surface area contributed by atoms with Gasteiger partial charge in [-0.1, -0.05) is 26.1 Å². The fourth-order valence-electron chi connectivity index (χ4n) is 1.76. The van der Waals surface area contributed by atoms with Crippen molar-refractivity contribution in [2.75, 3.05) is 13.1 Å². The van der Waals surface area contributed by atoms with Gasteiger partial charge in [-0.25, -0.2) is 9.67 Å². The average Bonchev–Trinajstić information content (AvgIpc) is 2.66. The van der Waals surface area contributed by atoms with Gasteiger partial charge in [0.1, 0.15) is 12.2 Å². The number of aromatic nitrogens is 3. The van der Waals surface area contributed by atoms with Gasteiger partial charge in [-0.15, -0.1) is 0 Å². The fraction of sp³-hybridized carbons (Fsp3) is 0.727. The molecule has 0 aromatic carbocycles. The molecule has 0 radical (unpaired) electrons. The van der Waals surface area contributed by atoms with Gasteiger partial charge in [-0.3, -0.25) is 4.90 Å². The maximum Gasteiger partial charge on any atom is 0.141 e. The second-order valence-corrected chi connectivity index (χ2v) is 4.60. The zero-order valence-electron chi connectivity index (χ0n) is 10.6. The zero-order chi connectivity index (χ0) is 12.7. The number of aryl methyl sites for hydroxylation is 1. The first-order chi connectivity index (χ1) is 8.17. The van der Waals surface area contributed by atoms with Gasteiger partial charge < -0.3 is 5.73 Å². The van der Waals surface area contributed by atoms with Crippen molar-refractivity contribution in [3.8, 4) is 0 Å². The van der Waals surface area contributed by atoms with Crippen LogP contribution in [0.15, 0.2) is 6.33 Å². The number of thiocarbonyl (C=S) groups is 1. The van der Waals surface area contributed by atoms with Crippen LogP contribution in [0, 0.1) is 0 Å². The number of nitrogens with zero attached hydrogens (tertiary/aromatic N) is 4. The topological polar surface area (TPSA) is 60.0 Å². The molecule has 1 aromatic rings. The molecule has 1 rings (SSSR count). The number of hydrogen-bond acceptors (Lipinski definition) is 4. The van der Waals surface area contributed by atoms with E-state index < -0.39 is 0 Å². The number of rotatable bonds is 8. The third-order valence-electron chi connectivity index (χ3n) is 2.42. The molecule has 0 unspecified atom stereocenters. The number of hydrogen-bond donors (Lipinski definition) is 1. The monoisotopic (exact) mass is 255 g/mol. The van der Waals surface area contributed by atoms with Crippen LogP contribution in [0.4, 0.5) is 0 Å². The van der Waals surface area contributed by atoms with E-state index in [1.165, 1.54) is 0 Å². The standard InChI is InChI=1S/C11H21N5S/c1-3-5-15(7-10(12)17)8-11-13-9-14-16(11)6-4-2/h9H,3-8H2,1-2H3,(H2,12,17). The zero-order valence-corrected chi connectivity index (χ0v) is 11.4. The molecule has 0 saturated carbocycles. The van der Waals surface area contributed by atoms with E-state index in [0.29, 0.717) is 11.5 Å². The molecule has 0 amide bonds. The van der Waals surface area contributed by atoms with Crippen molar-refractivity contribution in [1.82, 2.24) is 19.7 Å². The summed E-state index contributed by atoms with van der Waals surface area (Å²) in [5, 5.41) is 4.21. The molecular formula is C11H21N5S. The quantitative estimate of drug-likeness (QED) is 0.707. The summed E-state index contributed by atoms with van der Waals surface area (Å²) in [6.45, 7) is 7.54. The Morgan fingerprint density at radius 1 is 1.47 bits per heavy atom. The Labute approximate surface area is 108 Å². The van der Waals surface area contributed by atoms with E-state index in [0.717, 1.165) is 38.3 Å². The first kappa shape index (κ1) is 14.1. The SMILES string of the molecule is CCCN(CC(N)=S)Cc1ncnn1CCC. The van der Waals surface area contributed by atoms with Crippen molar-refractivity contribution in [2.45, 2.75) is 39.8 Å². The first-order valence-corrected chi connectivity index (χ1v) is 6.45. The van der Waals surface area contributed by atoms with Crippen molar-refractivity contribution in [3.05, 3.63) is 12.2 Å². The molecule has 0 aliphatic carbocycles. The van der Waals surface area contributed by atoms with E-state index >= 15 is 0 Å². The van der Waals surface area contributed by atoms with Gasteiger partial charge in [0, 0.05) is 13.1 Å². The van der Waals surface area contributed by atoms with Crippen LogP contribution >= 0.6 is 12.2 Å². The van der Waals surface area contributed by atoms with Gasteiger partial charge in [0.15, 0.2) is 0 Å². The molecular weight excluding hydrogens is 234 g/mol. The summed E-state index contributed by atoms with van der Waals surface area (Å²) < 4.78 is 1.95. The van der Waals surface area contributed by atoms with E-state index in [2.05, 4.69) is 28.8 Å². The smallest absolute Gasteiger partial charge is 0.141 e. The Morgan fingerprint density at radius 2 is 2.24 bits per heavy atom. The lowest BCUT2D eigenvalue weighted by Crippen LogP contribution is -2.33. The van der Waals surface area contributed by atoms with Crippen molar-refractivity contribution < 1.29 is 0 Å². The second kappa shape index (κ2) is 7.34. The molecule has 5 nitrogen and oxygen atoms in total. The summed E-state index contributed by atoms with van der Waals surface area (Å²) in [6.07, 6.45) is 3.74. The molecule has 17 heavy (non-hydrogen) atoms. The molecule has 96 valence electrons. The van der Waals surface area contributed by atoms with Gasteiger partial charge in [-0.2, -0.15) is 5.10 Å². The van der Waals surface area contributed by atoms with E-state index in [1.54, 1.807) is 6.33 Å². The third-order valence-corrected chi connectivity index (χ3v) is 2.54. The van der Waals surface area contributed by atoms with E-state index in [-0.39, 0.29) is 0 Å². The largest absolute Gasteiger partial charge is 0.392 e. The molecule has 0 aliphatic rings. The first-order valence-electron chi connectivity index (χ1n) is 6.04. The van der Waals surface area contributed by atoms with Gasteiger partial charge in [0.25, 0.3) is 0 Å². The Kier molecular flexibility index (Phi) is 6.07. The second-order valence-electron chi connectivity index (χ2n) is 4.08. The Balaban J connectivity index is 2.64. The van der Waals surface area contributed by atoms with Gasteiger partial charge in [0.2, 0.25) is 0 Å². The van der Waals surface area contributed by atoms with Crippen LogP contribution in [0.25, 0.3) is 0 Å². The summed E-state index contributed by atoms with van der Waals surface area (Å²) >= 11 is 4.96. The maximum atomic E-state index is 5.60. The molecule has 1 heterocycles. The minimum absolute atomic E-state index is 0.528. The van der Waals surface area contributed by atoms with Crippen LogP contribution in [-0.4, -0.2) is 37.7 Å². The molecule has 0 saturated heterocycles. The normalized spacial score (nSPS) is 11.0. The summed E-state index contributed by atoms with van der Waals surface area (Å²) in [4.78, 5) is 7.02. The lowest BCUT2D eigenvalue weighted by Gasteiger charge is -2.20. The molecule has 0 bridgehead atoms. The van der Waals surface area contributed by atoms with Crippen LogP contribution in [0.2, 0.25) is 0 Å². The van der Waals surface area contributed by atoms with E-state index in [9.17, 15) is 0 Å². The van der Waals surface area contributed by atoms with Crippen LogP contribution in [0.5, 0.6) is 0 Å². The highest BCUT2D eigenvalue weighted by Gasteiger charge is 2.10. The summed E-state index contributed by atoms with van der Waals surface area (Å²) in [5.74, 6) is 0.983. The molecule has 0 aliphatic heterocycles.